The topological polar surface area (TPSA) is 123 Å². The number of amidine groups is 1. The first kappa shape index (κ1) is 22.2. The number of halogens is 2. The van der Waals surface area contributed by atoms with E-state index in [0.29, 0.717) is 5.56 Å². The van der Waals surface area contributed by atoms with Crippen LogP contribution >= 0.6 is 0 Å². The highest BCUT2D eigenvalue weighted by Gasteiger charge is 2.31. The van der Waals surface area contributed by atoms with Crippen LogP contribution in [-0.4, -0.2) is 45.4 Å². The van der Waals surface area contributed by atoms with Gasteiger partial charge in [-0.15, -0.1) is 0 Å². The number of nitrogens with one attached hydrogen (secondary N) is 2. The minimum absolute atomic E-state index is 0.0115. The van der Waals surface area contributed by atoms with E-state index in [1.807, 2.05) is 0 Å². The zero-order valence-electron chi connectivity index (χ0n) is 16.0. The quantitative estimate of drug-likeness (QED) is 0.618. The van der Waals surface area contributed by atoms with Crippen LogP contribution in [0.5, 0.6) is 5.75 Å². The number of hydrogen-bond donors (Lipinski definition) is 2. The molecular formula is C19H17F2N3O6S. The number of amides is 1. The highest BCUT2D eigenvalue weighted by Crippen LogP contribution is 2.25. The Hall–Kier alpha value is -3.54. The number of carbonyl (C=O) groups excluding carboxylic acids is 2. The lowest BCUT2D eigenvalue weighted by Crippen LogP contribution is -2.29. The zero-order chi connectivity index (χ0) is 22.6. The molecule has 12 heteroatoms. The summed E-state index contributed by atoms with van der Waals surface area (Å²) >= 11 is 0. The lowest BCUT2D eigenvalue weighted by Gasteiger charge is -2.12. The van der Waals surface area contributed by atoms with Gasteiger partial charge in [0.2, 0.25) is 0 Å². The van der Waals surface area contributed by atoms with Crippen molar-refractivity contribution in [3.05, 3.63) is 54.1 Å². The average Bonchev–Trinajstić information content (AvgIpc) is 2.97. The fourth-order valence-corrected chi connectivity index (χ4v) is 3.93. The van der Waals surface area contributed by atoms with Gasteiger partial charge in [0, 0.05) is 5.56 Å². The molecule has 2 aromatic rings. The van der Waals surface area contributed by atoms with Gasteiger partial charge in [-0.2, -0.15) is 8.78 Å². The van der Waals surface area contributed by atoms with Crippen LogP contribution in [0.4, 0.5) is 14.5 Å². The second-order valence-corrected chi connectivity index (χ2v) is 7.94. The molecule has 1 aliphatic rings. The Kier molecular flexibility index (Phi) is 6.49. The molecule has 2 aromatic carbocycles. The fourth-order valence-electron chi connectivity index (χ4n) is 2.69. The van der Waals surface area contributed by atoms with Crippen LogP contribution < -0.4 is 14.8 Å². The Morgan fingerprint density at radius 2 is 1.81 bits per heavy atom. The van der Waals surface area contributed by atoms with E-state index in [9.17, 15) is 26.8 Å². The average molecular weight is 453 g/mol. The minimum Gasteiger partial charge on any atom is -0.454 e. The first-order valence-electron chi connectivity index (χ1n) is 8.87. The molecule has 0 spiro atoms. The van der Waals surface area contributed by atoms with Gasteiger partial charge in [-0.25, -0.2) is 13.2 Å². The van der Waals surface area contributed by atoms with E-state index < -0.39 is 41.2 Å². The van der Waals surface area contributed by atoms with Gasteiger partial charge in [0.1, 0.15) is 17.6 Å². The summed E-state index contributed by atoms with van der Waals surface area (Å²) in [6.07, 6.45) is 0. The van der Waals surface area contributed by atoms with E-state index in [1.54, 1.807) is 12.1 Å². The summed E-state index contributed by atoms with van der Waals surface area (Å²) in [5.74, 6) is -1.93. The second-order valence-electron chi connectivity index (χ2n) is 6.29. The van der Waals surface area contributed by atoms with Crippen molar-refractivity contribution in [2.75, 3.05) is 11.9 Å². The van der Waals surface area contributed by atoms with Gasteiger partial charge in [-0.3, -0.25) is 14.5 Å². The summed E-state index contributed by atoms with van der Waals surface area (Å²) in [5.41, 5.74) is 0.296. The summed E-state index contributed by atoms with van der Waals surface area (Å²) in [7, 11) is -3.76. The first-order chi connectivity index (χ1) is 14.7. The van der Waals surface area contributed by atoms with Gasteiger partial charge in [0.25, 0.3) is 15.9 Å². The number of carbonyl (C=O) groups is 2. The van der Waals surface area contributed by atoms with Crippen LogP contribution in [0.2, 0.25) is 0 Å². The lowest BCUT2D eigenvalue weighted by molar-refractivity contribution is -0.148. The summed E-state index contributed by atoms with van der Waals surface area (Å²) in [5, 5.41) is 2.31. The van der Waals surface area contributed by atoms with E-state index in [0.717, 1.165) is 0 Å². The summed E-state index contributed by atoms with van der Waals surface area (Å²) < 4.78 is 60.5. The van der Waals surface area contributed by atoms with Crippen LogP contribution in [0.3, 0.4) is 0 Å². The lowest BCUT2D eigenvalue weighted by atomic mass is 10.2. The van der Waals surface area contributed by atoms with E-state index in [2.05, 4.69) is 19.8 Å². The molecule has 0 aliphatic carbocycles. The van der Waals surface area contributed by atoms with Gasteiger partial charge >= 0.3 is 12.6 Å². The van der Waals surface area contributed by atoms with Crippen LogP contribution in [0.15, 0.2) is 58.4 Å². The molecule has 3 rings (SSSR count). The molecule has 1 heterocycles. The van der Waals surface area contributed by atoms with Gasteiger partial charge in [0.15, 0.2) is 6.61 Å². The number of fused-ring (bicyclic) bond motifs is 1. The Labute approximate surface area is 176 Å². The number of anilines is 1. The van der Waals surface area contributed by atoms with Crippen molar-refractivity contribution < 1.29 is 36.3 Å². The normalized spacial score (nSPS) is 16.3. The molecule has 0 bridgehead atoms. The van der Waals surface area contributed by atoms with Crippen molar-refractivity contribution in [2.45, 2.75) is 24.5 Å². The van der Waals surface area contributed by atoms with Gasteiger partial charge in [-0.1, -0.05) is 24.3 Å². The molecule has 0 saturated carbocycles. The van der Waals surface area contributed by atoms with E-state index in [1.165, 1.54) is 43.3 Å². The molecule has 0 fully saturated rings. The number of alkyl halides is 2. The molecule has 31 heavy (non-hydrogen) atoms. The summed E-state index contributed by atoms with van der Waals surface area (Å²) in [4.78, 5) is 28.3. The Morgan fingerprint density at radius 3 is 2.55 bits per heavy atom. The number of sulfonamides is 1. The molecule has 0 saturated heterocycles. The van der Waals surface area contributed by atoms with Gasteiger partial charge < -0.3 is 14.8 Å². The highest BCUT2D eigenvalue weighted by molar-refractivity contribution is 7.90. The molecule has 1 amide bonds. The highest BCUT2D eigenvalue weighted by atomic mass is 32.2. The van der Waals surface area contributed by atoms with Crippen LogP contribution in [-0.2, 0) is 24.3 Å². The predicted molar refractivity (Wildman–Crippen MR) is 105 cm³/mol. The van der Waals surface area contributed by atoms with Crippen molar-refractivity contribution in [3.8, 4) is 5.75 Å². The minimum atomic E-state index is -3.76. The molecule has 1 atom stereocenters. The van der Waals surface area contributed by atoms with E-state index in [-0.39, 0.29) is 22.2 Å². The Balaban J connectivity index is 1.60. The number of ether oxygens (including phenoxy) is 2. The van der Waals surface area contributed by atoms with Gasteiger partial charge in [0.05, 0.1) is 10.6 Å². The molecule has 1 aliphatic heterocycles. The molecule has 2 N–H and O–H groups in total. The molecular weight excluding hydrogens is 436 g/mol. The van der Waals surface area contributed by atoms with Crippen LogP contribution in [0.25, 0.3) is 0 Å². The SMILES string of the molecule is C[C@@H](N=C1NS(=O)(=O)c2ccccc21)C(=O)OCC(=O)Nc1ccccc1OC(F)F. The molecule has 164 valence electrons. The summed E-state index contributed by atoms with van der Waals surface area (Å²) in [6, 6.07) is 10.5. The van der Waals surface area contributed by atoms with Crippen LogP contribution in [0.1, 0.15) is 12.5 Å². The van der Waals surface area contributed by atoms with Crippen molar-refractivity contribution in [1.29, 1.82) is 0 Å². The largest absolute Gasteiger partial charge is 0.454 e. The molecule has 0 radical (unpaired) electrons. The third-order valence-corrected chi connectivity index (χ3v) is 5.45. The smallest absolute Gasteiger partial charge is 0.387 e. The zero-order valence-corrected chi connectivity index (χ0v) is 16.9. The third-order valence-electron chi connectivity index (χ3n) is 4.05. The summed E-state index contributed by atoms with van der Waals surface area (Å²) in [6.45, 7) is -2.41. The first-order valence-corrected chi connectivity index (χ1v) is 10.4. The number of hydrogen-bond acceptors (Lipinski definition) is 7. The number of esters is 1. The standard InChI is InChI=1S/C19H17F2N3O6S/c1-11(22-17-12-6-2-5-9-15(12)31(27,28)24-17)18(26)29-10-16(25)23-13-7-3-4-8-14(13)30-19(20)21/h2-9,11,19H,10H2,1H3,(H,22,24)(H,23,25)/t11-/m1/s1. The molecule has 9 nitrogen and oxygen atoms in total. The third kappa shape index (κ3) is 5.34. The number of aliphatic imine (C=N–C) groups is 1. The van der Waals surface area contributed by atoms with E-state index in [4.69, 9.17) is 4.74 Å². The monoisotopic (exact) mass is 453 g/mol. The number of nitrogens with zero attached hydrogens (tertiary/aromatic N) is 1. The Bertz CT molecular complexity index is 1140. The molecule has 0 aromatic heterocycles. The number of para-hydroxylation sites is 2. The van der Waals surface area contributed by atoms with Gasteiger partial charge in [-0.05, 0) is 31.2 Å². The second kappa shape index (κ2) is 9.08. The van der Waals surface area contributed by atoms with Crippen molar-refractivity contribution in [3.63, 3.8) is 0 Å². The fraction of sp³-hybridized carbons (Fsp3) is 0.211. The van der Waals surface area contributed by atoms with Crippen molar-refractivity contribution in [2.24, 2.45) is 4.99 Å². The van der Waals surface area contributed by atoms with E-state index >= 15 is 0 Å². The number of benzene rings is 2. The maximum absolute atomic E-state index is 12.4. The van der Waals surface area contributed by atoms with Crippen LogP contribution in [0, 0.1) is 0 Å². The number of rotatable bonds is 7. The Morgan fingerprint density at radius 1 is 1.13 bits per heavy atom. The predicted octanol–water partition coefficient (Wildman–Crippen LogP) is 1.90. The van der Waals surface area contributed by atoms with Crippen molar-refractivity contribution in [1.82, 2.24) is 4.72 Å². The maximum atomic E-state index is 12.4. The molecule has 0 unspecified atom stereocenters. The maximum Gasteiger partial charge on any atom is 0.387 e. The van der Waals surface area contributed by atoms with Crippen molar-refractivity contribution >= 4 is 33.4 Å².